The molecule has 1 aliphatic carbocycles. The Morgan fingerprint density at radius 1 is 1.76 bits per heavy atom. The molecule has 1 saturated carbocycles. The highest BCUT2D eigenvalue weighted by Crippen LogP contribution is 2.48. The number of rotatable bonds is 6. The molecule has 0 saturated heterocycles. The predicted molar refractivity (Wildman–Crippen MR) is 68.2 cm³/mol. The third-order valence-corrected chi connectivity index (χ3v) is 4.21. The number of hydrogen-bond donors (Lipinski definition) is 3. The van der Waals surface area contributed by atoms with Crippen LogP contribution in [0.3, 0.4) is 0 Å². The second kappa shape index (κ2) is 5.01. The summed E-state index contributed by atoms with van der Waals surface area (Å²) < 4.78 is 0. The van der Waals surface area contributed by atoms with Gasteiger partial charge in [-0.3, -0.25) is 0 Å². The van der Waals surface area contributed by atoms with Crippen molar-refractivity contribution >= 4 is 17.2 Å². The molecule has 0 amide bonds. The average molecular weight is 254 g/mol. The summed E-state index contributed by atoms with van der Waals surface area (Å²) in [5.41, 5.74) is 5.76. The van der Waals surface area contributed by atoms with Gasteiger partial charge in [0, 0.05) is 24.5 Å². The highest BCUT2D eigenvalue weighted by atomic mass is 32.1. The van der Waals surface area contributed by atoms with Gasteiger partial charge in [-0.05, 0) is 25.2 Å². The van der Waals surface area contributed by atoms with Gasteiger partial charge in [0.15, 0.2) is 0 Å². The molecular formula is C11H18N4OS. The van der Waals surface area contributed by atoms with Crippen LogP contribution >= 0.6 is 11.3 Å². The van der Waals surface area contributed by atoms with E-state index in [1.54, 1.807) is 11.3 Å². The Labute approximate surface area is 105 Å². The number of hydrogen-bond acceptors (Lipinski definition) is 5. The second-order valence-electron chi connectivity index (χ2n) is 4.74. The zero-order chi connectivity index (χ0) is 12.3. The van der Waals surface area contributed by atoms with Gasteiger partial charge < -0.3 is 16.3 Å². The molecule has 1 aromatic heterocycles. The Morgan fingerprint density at radius 2 is 2.53 bits per heavy atom. The summed E-state index contributed by atoms with van der Waals surface area (Å²) in [6.07, 6.45) is 4.77. The number of nitrogens with two attached hydrogens (primary N) is 1. The third kappa shape index (κ3) is 3.17. The molecule has 1 heterocycles. The maximum absolute atomic E-state index is 8.59. The Balaban J connectivity index is 1.82. The predicted octanol–water partition coefficient (Wildman–Crippen LogP) is 1.71. The third-order valence-electron chi connectivity index (χ3n) is 3.25. The number of aromatic nitrogens is 1. The van der Waals surface area contributed by atoms with Crippen molar-refractivity contribution in [1.29, 1.82) is 0 Å². The molecule has 1 unspecified atom stereocenters. The van der Waals surface area contributed by atoms with Crippen LogP contribution in [0.4, 0.5) is 0 Å². The Hall–Kier alpha value is -1.14. The van der Waals surface area contributed by atoms with Gasteiger partial charge in [0.2, 0.25) is 0 Å². The lowest BCUT2D eigenvalue weighted by atomic mass is 10.0. The highest BCUT2D eigenvalue weighted by molar-refractivity contribution is 7.09. The molecule has 2 rings (SSSR count). The second-order valence-corrected chi connectivity index (χ2v) is 5.67. The van der Waals surface area contributed by atoms with Crippen LogP contribution in [0, 0.1) is 5.41 Å². The van der Waals surface area contributed by atoms with Crippen LogP contribution in [0.25, 0.3) is 0 Å². The topological polar surface area (TPSA) is 83.5 Å². The molecule has 1 aliphatic rings. The van der Waals surface area contributed by atoms with Gasteiger partial charge in [-0.2, -0.15) is 0 Å². The normalized spacial score (nSPS) is 20.2. The van der Waals surface area contributed by atoms with Crippen molar-refractivity contribution in [2.45, 2.75) is 32.2 Å². The van der Waals surface area contributed by atoms with E-state index in [-0.39, 0.29) is 11.5 Å². The number of amidine groups is 1. The minimum Gasteiger partial charge on any atom is -0.409 e. The molecule has 4 N–H and O–H groups in total. The maximum atomic E-state index is 8.59. The number of nitrogens with zero attached hydrogens (tertiary/aromatic N) is 2. The number of nitrogens with one attached hydrogen (secondary N) is 1. The first-order valence-corrected chi connectivity index (χ1v) is 6.62. The molecule has 6 heteroatoms. The van der Waals surface area contributed by atoms with Gasteiger partial charge in [0.05, 0.1) is 6.04 Å². The quantitative estimate of drug-likeness (QED) is 0.312. The van der Waals surface area contributed by atoms with Gasteiger partial charge in [-0.25, -0.2) is 4.98 Å². The standard InChI is InChI=1S/C11H18N4OS/c1-8(10-13-4-5-17-10)14-7-11(2-3-11)6-9(12)15-16/h4-5,8,14,16H,2-3,6-7H2,1H3,(H2,12,15). The first-order chi connectivity index (χ1) is 8.15. The molecule has 0 spiro atoms. The summed E-state index contributed by atoms with van der Waals surface area (Å²) in [5.74, 6) is 0.325. The summed E-state index contributed by atoms with van der Waals surface area (Å²) in [7, 11) is 0. The largest absolute Gasteiger partial charge is 0.409 e. The summed E-state index contributed by atoms with van der Waals surface area (Å²) >= 11 is 1.66. The van der Waals surface area contributed by atoms with Crippen LogP contribution in [0.1, 0.15) is 37.2 Å². The van der Waals surface area contributed by atoms with Crippen molar-refractivity contribution in [3.05, 3.63) is 16.6 Å². The van der Waals surface area contributed by atoms with Crippen LogP contribution in [-0.4, -0.2) is 22.6 Å². The number of thiazole rings is 1. The molecule has 1 aromatic rings. The molecule has 0 aromatic carbocycles. The lowest BCUT2D eigenvalue weighted by molar-refractivity contribution is 0.313. The lowest BCUT2D eigenvalue weighted by Crippen LogP contribution is -2.30. The first kappa shape index (κ1) is 12.3. The monoisotopic (exact) mass is 254 g/mol. The molecule has 94 valence electrons. The van der Waals surface area contributed by atoms with Crippen LogP contribution in [0.2, 0.25) is 0 Å². The fourth-order valence-electron chi connectivity index (χ4n) is 1.92. The minimum absolute atomic E-state index is 0.196. The molecule has 5 nitrogen and oxygen atoms in total. The summed E-state index contributed by atoms with van der Waals surface area (Å²) in [6, 6.07) is 0.264. The van der Waals surface area contributed by atoms with Gasteiger partial charge >= 0.3 is 0 Å². The van der Waals surface area contributed by atoms with E-state index in [0.29, 0.717) is 12.3 Å². The van der Waals surface area contributed by atoms with Crippen molar-refractivity contribution in [3.8, 4) is 0 Å². The van der Waals surface area contributed by atoms with Crippen LogP contribution < -0.4 is 11.1 Å². The summed E-state index contributed by atoms with van der Waals surface area (Å²) in [5, 5.41) is 18.2. The smallest absolute Gasteiger partial charge is 0.139 e. The van der Waals surface area contributed by atoms with Crippen molar-refractivity contribution in [2.24, 2.45) is 16.3 Å². The van der Waals surface area contributed by atoms with Crippen molar-refractivity contribution in [2.75, 3.05) is 6.54 Å². The Kier molecular flexibility index (Phi) is 3.63. The van der Waals surface area contributed by atoms with E-state index in [1.807, 2.05) is 11.6 Å². The fourth-order valence-corrected chi connectivity index (χ4v) is 2.59. The van der Waals surface area contributed by atoms with E-state index >= 15 is 0 Å². The van der Waals surface area contributed by atoms with Gasteiger partial charge in [0.25, 0.3) is 0 Å². The Morgan fingerprint density at radius 3 is 3.06 bits per heavy atom. The molecule has 1 atom stereocenters. The lowest BCUT2D eigenvalue weighted by Gasteiger charge is -2.18. The summed E-state index contributed by atoms with van der Waals surface area (Å²) in [4.78, 5) is 4.28. The zero-order valence-electron chi connectivity index (χ0n) is 9.89. The molecule has 0 radical (unpaired) electrons. The SMILES string of the molecule is CC(NCC1(CC(N)=NO)CC1)c1nccs1. The van der Waals surface area contributed by atoms with E-state index < -0.39 is 0 Å². The molecular weight excluding hydrogens is 236 g/mol. The van der Waals surface area contributed by atoms with E-state index in [4.69, 9.17) is 10.9 Å². The van der Waals surface area contributed by atoms with E-state index in [0.717, 1.165) is 24.4 Å². The maximum Gasteiger partial charge on any atom is 0.139 e. The van der Waals surface area contributed by atoms with Gasteiger partial charge in [-0.15, -0.1) is 11.3 Å². The molecule has 17 heavy (non-hydrogen) atoms. The van der Waals surface area contributed by atoms with Crippen LogP contribution in [0.5, 0.6) is 0 Å². The van der Waals surface area contributed by atoms with Crippen LogP contribution in [-0.2, 0) is 0 Å². The molecule has 1 fully saturated rings. The van der Waals surface area contributed by atoms with Gasteiger partial charge in [-0.1, -0.05) is 5.16 Å². The Bertz CT molecular complexity index is 386. The van der Waals surface area contributed by atoms with Crippen molar-refractivity contribution < 1.29 is 5.21 Å². The van der Waals surface area contributed by atoms with E-state index in [2.05, 4.69) is 22.4 Å². The fraction of sp³-hybridized carbons (Fsp3) is 0.636. The van der Waals surface area contributed by atoms with Crippen molar-refractivity contribution in [1.82, 2.24) is 10.3 Å². The van der Waals surface area contributed by atoms with Crippen LogP contribution in [0.15, 0.2) is 16.7 Å². The summed E-state index contributed by atoms with van der Waals surface area (Å²) in [6.45, 7) is 3.00. The molecule has 0 aliphatic heterocycles. The van der Waals surface area contributed by atoms with Gasteiger partial charge in [0.1, 0.15) is 10.8 Å². The van der Waals surface area contributed by atoms with E-state index in [1.165, 1.54) is 0 Å². The zero-order valence-corrected chi connectivity index (χ0v) is 10.7. The first-order valence-electron chi connectivity index (χ1n) is 5.74. The van der Waals surface area contributed by atoms with Crippen molar-refractivity contribution in [3.63, 3.8) is 0 Å². The number of oxime groups is 1. The average Bonchev–Trinajstić information content (AvgIpc) is 2.88. The molecule has 0 bridgehead atoms. The highest BCUT2D eigenvalue weighted by Gasteiger charge is 2.43. The van der Waals surface area contributed by atoms with E-state index in [9.17, 15) is 0 Å². The minimum atomic E-state index is 0.196.